The zero-order valence-electron chi connectivity index (χ0n) is 18.1. The van der Waals surface area contributed by atoms with Gasteiger partial charge in [0.25, 0.3) is 11.8 Å². The summed E-state index contributed by atoms with van der Waals surface area (Å²) in [7, 11) is -2.33. The smallest absolute Gasteiger partial charge is 0.292 e. The molecule has 174 valence electrons. The molecule has 2 amide bonds. The molecule has 1 aromatic carbocycles. The van der Waals surface area contributed by atoms with Crippen molar-refractivity contribution in [1.82, 2.24) is 5.32 Å². The summed E-state index contributed by atoms with van der Waals surface area (Å²) in [6, 6.07) is 10.4. The standard InChI is InChI=1S/C23H24N2O6S2/c1-30-14-13-24-22(27)20-16-9-5-6-10-18(16)32-23(20)25-21(26)17-11-12-19(31-17)33(28,29)15-7-3-2-4-8-15/h2-4,7-8,11-12H,5-6,9-10,13-14H2,1H3,(H,24,27)(H,25,26). The van der Waals surface area contributed by atoms with Crippen molar-refractivity contribution in [2.45, 2.75) is 35.7 Å². The molecule has 0 bridgehead atoms. The van der Waals surface area contributed by atoms with Crippen LogP contribution in [0.25, 0.3) is 0 Å². The Morgan fingerprint density at radius 3 is 2.58 bits per heavy atom. The lowest BCUT2D eigenvalue weighted by molar-refractivity contribution is 0.0937. The molecular formula is C23H24N2O6S2. The lowest BCUT2D eigenvalue weighted by Gasteiger charge is -2.13. The second-order valence-corrected chi connectivity index (χ2v) is 10.5. The predicted molar refractivity (Wildman–Crippen MR) is 124 cm³/mol. The monoisotopic (exact) mass is 488 g/mol. The van der Waals surface area contributed by atoms with Gasteiger partial charge >= 0.3 is 0 Å². The lowest BCUT2D eigenvalue weighted by atomic mass is 9.95. The number of carbonyl (C=O) groups is 2. The van der Waals surface area contributed by atoms with Gasteiger partial charge in [-0.1, -0.05) is 18.2 Å². The maximum Gasteiger partial charge on any atom is 0.292 e. The summed E-state index contributed by atoms with van der Waals surface area (Å²) in [5.74, 6) is -1.04. The fourth-order valence-corrected chi connectivity index (χ4v) is 6.19. The number of benzene rings is 1. The van der Waals surface area contributed by atoms with Crippen LogP contribution in [0.5, 0.6) is 0 Å². The van der Waals surface area contributed by atoms with Crippen molar-refractivity contribution in [3.8, 4) is 0 Å². The van der Waals surface area contributed by atoms with Gasteiger partial charge in [0, 0.05) is 18.5 Å². The van der Waals surface area contributed by atoms with Crippen LogP contribution in [0, 0.1) is 0 Å². The molecule has 1 aliphatic carbocycles. The third kappa shape index (κ3) is 4.87. The van der Waals surface area contributed by atoms with Crippen molar-refractivity contribution in [3.05, 3.63) is 64.2 Å². The van der Waals surface area contributed by atoms with E-state index in [1.165, 1.54) is 35.6 Å². The molecular weight excluding hydrogens is 464 g/mol. The maximum atomic E-state index is 12.9. The van der Waals surface area contributed by atoms with Gasteiger partial charge in [0.15, 0.2) is 5.76 Å². The number of rotatable bonds is 8. The number of sulfone groups is 1. The van der Waals surface area contributed by atoms with Gasteiger partial charge in [0.2, 0.25) is 14.9 Å². The largest absolute Gasteiger partial charge is 0.439 e. The number of fused-ring (bicyclic) bond motifs is 1. The van der Waals surface area contributed by atoms with Crippen molar-refractivity contribution < 1.29 is 27.2 Å². The zero-order valence-corrected chi connectivity index (χ0v) is 19.7. The van der Waals surface area contributed by atoms with E-state index in [0.717, 1.165) is 36.1 Å². The molecule has 3 aromatic rings. The SMILES string of the molecule is COCCNC(=O)c1c(NC(=O)c2ccc(S(=O)(=O)c3ccccc3)o2)sc2c1CCCC2. The number of hydrogen-bond acceptors (Lipinski definition) is 7. The Balaban J connectivity index is 1.58. The fraction of sp³-hybridized carbons (Fsp3) is 0.304. The van der Waals surface area contributed by atoms with Gasteiger partial charge in [-0.15, -0.1) is 11.3 Å². The van der Waals surface area contributed by atoms with Crippen LogP contribution in [-0.2, 0) is 27.4 Å². The molecule has 0 fully saturated rings. The first-order chi connectivity index (χ1) is 15.9. The number of amides is 2. The zero-order chi connectivity index (χ0) is 23.4. The average molecular weight is 489 g/mol. The maximum absolute atomic E-state index is 12.9. The molecule has 0 saturated heterocycles. The van der Waals surface area contributed by atoms with Crippen molar-refractivity contribution in [2.24, 2.45) is 0 Å². The number of thiophene rings is 1. The Labute approximate surface area is 195 Å². The van der Waals surface area contributed by atoms with E-state index in [2.05, 4.69) is 10.6 Å². The van der Waals surface area contributed by atoms with Gasteiger partial charge in [-0.25, -0.2) is 8.42 Å². The van der Waals surface area contributed by atoms with E-state index >= 15 is 0 Å². The summed E-state index contributed by atoms with van der Waals surface area (Å²) in [4.78, 5) is 26.9. The molecule has 0 spiro atoms. The summed E-state index contributed by atoms with van der Waals surface area (Å²) in [6.07, 6.45) is 3.64. The number of nitrogens with one attached hydrogen (secondary N) is 2. The van der Waals surface area contributed by atoms with E-state index < -0.39 is 15.7 Å². The average Bonchev–Trinajstić information content (AvgIpc) is 3.45. The van der Waals surface area contributed by atoms with Gasteiger partial charge in [-0.05, 0) is 55.5 Å². The lowest BCUT2D eigenvalue weighted by Crippen LogP contribution is -2.28. The van der Waals surface area contributed by atoms with Crippen LogP contribution in [0.3, 0.4) is 0 Å². The number of anilines is 1. The summed E-state index contributed by atoms with van der Waals surface area (Å²) in [6.45, 7) is 0.733. The normalized spacial score (nSPS) is 13.4. The highest BCUT2D eigenvalue weighted by atomic mass is 32.2. The predicted octanol–water partition coefficient (Wildman–Crippen LogP) is 3.68. The molecule has 0 atom stereocenters. The fourth-order valence-electron chi connectivity index (χ4n) is 3.72. The molecule has 0 saturated carbocycles. The molecule has 33 heavy (non-hydrogen) atoms. The number of ether oxygens (including phenoxy) is 1. The van der Waals surface area contributed by atoms with Crippen molar-refractivity contribution in [1.29, 1.82) is 0 Å². The topological polar surface area (TPSA) is 115 Å². The Hall–Kier alpha value is -2.95. The molecule has 8 nitrogen and oxygen atoms in total. The Bertz CT molecular complexity index is 1260. The molecule has 2 aromatic heterocycles. The van der Waals surface area contributed by atoms with E-state index in [1.54, 1.807) is 25.3 Å². The first-order valence-electron chi connectivity index (χ1n) is 10.5. The number of hydrogen-bond donors (Lipinski definition) is 2. The molecule has 10 heteroatoms. The molecule has 0 radical (unpaired) electrons. The van der Waals surface area contributed by atoms with Crippen LogP contribution in [0.2, 0.25) is 0 Å². The second-order valence-electron chi connectivity index (χ2n) is 7.55. The minimum Gasteiger partial charge on any atom is -0.439 e. The highest BCUT2D eigenvalue weighted by Gasteiger charge is 2.28. The summed E-state index contributed by atoms with van der Waals surface area (Å²) < 4.78 is 35.9. The Kier molecular flexibility index (Phi) is 6.96. The van der Waals surface area contributed by atoms with E-state index in [4.69, 9.17) is 9.15 Å². The van der Waals surface area contributed by atoms with E-state index in [-0.39, 0.29) is 21.7 Å². The third-order valence-electron chi connectivity index (χ3n) is 5.34. The van der Waals surface area contributed by atoms with Crippen molar-refractivity contribution >= 4 is 38.0 Å². The molecule has 4 rings (SSSR count). The molecule has 1 aliphatic rings. The summed E-state index contributed by atoms with van der Waals surface area (Å²) >= 11 is 1.38. The van der Waals surface area contributed by atoms with Crippen LogP contribution in [-0.4, -0.2) is 40.5 Å². The number of carbonyl (C=O) groups excluding carboxylic acids is 2. The molecule has 0 unspecified atom stereocenters. The van der Waals surface area contributed by atoms with E-state index in [1.807, 2.05) is 0 Å². The van der Waals surface area contributed by atoms with E-state index in [0.29, 0.717) is 23.7 Å². The van der Waals surface area contributed by atoms with Crippen molar-refractivity contribution in [2.75, 3.05) is 25.6 Å². The van der Waals surface area contributed by atoms with Crippen LogP contribution >= 0.6 is 11.3 Å². The van der Waals surface area contributed by atoms with Crippen molar-refractivity contribution in [3.63, 3.8) is 0 Å². The van der Waals surface area contributed by atoms with Gasteiger partial charge < -0.3 is 19.8 Å². The molecule has 0 aliphatic heterocycles. The van der Waals surface area contributed by atoms with E-state index in [9.17, 15) is 18.0 Å². The summed E-state index contributed by atoms with van der Waals surface area (Å²) in [5, 5.41) is 5.70. The molecule has 2 heterocycles. The van der Waals surface area contributed by atoms with Crippen LogP contribution in [0.4, 0.5) is 5.00 Å². The minimum absolute atomic E-state index is 0.0762. The van der Waals surface area contributed by atoms with Gasteiger partial charge in [0.1, 0.15) is 5.00 Å². The third-order valence-corrected chi connectivity index (χ3v) is 8.19. The Morgan fingerprint density at radius 2 is 1.82 bits per heavy atom. The minimum atomic E-state index is -3.88. The van der Waals surface area contributed by atoms with Gasteiger partial charge in [0.05, 0.1) is 17.1 Å². The number of methoxy groups -OCH3 is 1. The highest BCUT2D eigenvalue weighted by molar-refractivity contribution is 7.91. The summed E-state index contributed by atoms with van der Waals surface area (Å²) in [5.41, 5.74) is 1.42. The van der Waals surface area contributed by atoms with Gasteiger partial charge in [-0.3, -0.25) is 9.59 Å². The first-order valence-corrected chi connectivity index (χ1v) is 12.8. The quantitative estimate of drug-likeness (QED) is 0.468. The van der Waals surface area contributed by atoms with Crippen LogP contribution < -0.4 is 10.6 Å². The second kappa shape index (κ2) is 9.90. The highest BCUT2D eigenvalue weighted by Crippen LogP contribution is 2.38. The van der Waals surface area contributed by atoms with Crippen LogP contribution in [0.15, 0.2) is 56.9 Å². The number of furan rings is 1. The Morgan fingerprint density at radius 1 is 1.06 bits per heavy atom. The first kappa shape index (κ1) is 23.2. The number of aryl methyl sites for hydroxylation is 1. The van der Waals surface area contributed by atoms with Crippen LogP contribution in [0.1, 0.15) is 44.2 Å². The molecule has 2 N–H and O–H groups in total. The van der Waals surface area contributed by atoms with Gasteiger partial charge in [-0.2, -0.15) is 0 Å².